The largest absolute Gasteiger partial charge is 0.416 e. The van der Waals surface area contributed by atoms with E-state index in [1.807, 2.05) is 6.92 Å². The molecule has 0 saturated heterocycles. The normalized spacial score (nSPS) is 17.2. The van der Waals surface area contributed by atoms with Crippen LogP contribution in [0.3, 0.4) is 0 Å². The summed E-state index contributed by atoms with van der Waals surface area (Å²) in [5.41, 5.74) is 2.56. The van der Waals surface area contributed by atoms with E-state index in [-0.39, 0.29) is 0 Å². The van der Waals surface area contributed by atoms with Crippen molar-refractivity contribution >= 4 is 23.3 Å². The Bertz CT molecular complexity index is 900. The summed E-state index contributed by atoms with van der Waals surface area (Å²) in [6, 6.07) is 4.73. The molecule has 168 valence electrons. The molecule has 0 aliphatic heterocycles. The topological polar surface area (TPSA) is 54.0 Å². The summed E-state index contributed by atoms with van der Waals surface area (Å²) in [7, 11) is 1.76. The van der Waals surface area contributed by atoms with Gasteiger partial charge in [-0.1, -0.05) is 38.3 Å². The first-order valence-electron chi connectivity index (χ1n) is 10.6. The number of halogens is 3. The SMILES string of the molecule is CC/C(NC=O)=C(\c1nc(C2CCCCC2)cs1)C(NC)c1ccc(C(F)(F)F)cc1. The first-order chi connectivity index (χ1) is 14.9. The average molecular weight is 452 g/mol. The Kier molecular flexibility index (Phi) is 7.89. The molecule has 0 bridgehead atoms. The van der Waals surface area contributed by atoms with Crippen LogP contribution in [0.25, 0.3) is 5.57 Å². The molecule has 1 unspecified atom stereocenters. The fourth-order valence-electron chi connectivity index (χ4n) is 4.21. The van der Waals surface area contributed by atoms with E-state index in [1.165, 1.54) is 42.7 Å². The molecule has 1 heterocycles. The van der Waals surface area contributed by atoms with Gasteiger partial charge in [-0.3, -0.25) is 4.79 Å². The minimum atomic E-state index is -4.38. The molecule has 0 radical (unpaired) electrons. The second-order valence-electron chi connectivity index (χ2n) is 7.76. The quantitative estimate of drug-likeness (QED) is 0.481. The molecule has 1 fully saturated rings. The van der Waals surface area contributed by atoms with Crippen molar-refractivity contribution in [2.24, 2.45) is 0 Å². The van der Waals surface area contributed by atoms with Crippen molar-refractivity contribution in [3.8, 4) is 0 Å². The Morgan fingerprint density at radius 2 is 1.90 bits per heavy atom. The van der Waals surface area contributed by atoms with E-state index in [0.717, 1.165) is 41.2 Å². The van der Waals surface area contributed by atoms with E-state index < -0.39 is 17.8 Å². The van der Waals surface area contributed by atoms with Gasteiger partial charge in [-0.25, -0.2) is 4.98 Å². The van der Waals surface area contributed by atoms with Crippen molar-refractivity contribution in [3.63, 3.8) is 0 Å². The number of nitrogens with one attached hydrogen (secondary N) is 2. The average Bonchev–Trinajstić information content (AvgIpc) is 3.26. The van der Waals surface area contributed by atoms with Crippen molar-refractivity contribution in [2.45, 2.75) is 63.6 Å². The third kappa shape index (κ3) is 5.54. The fraction of sp³-hybridized carbons (Fsp3) is 0.478. The van der Waals surface area contributed by atoms with Gasteiger partial charge in [0.15, 0.2) is 0 Å². The number of carbonyl (C=O) groups is 1. The molecule has 4 nitrogen and oxygen atoms in total. The number of benzene rings is 1. The predicted octanol–water partition coefficient (Wildman–Crippen LogP) is 6.04. The second kappa shape index (κ2) is 10.4. The number of amides is 1. The first-order valence-corrected chi connectivity index (χ1v) is 11.5. The Labute approximate surface area is 185 Å². The summed E-state index contributed by atoms with van der Waals surface area (Å²) < 4.78 is 39.0. The van der Waals surface area contributed by atoms with E-state index in [0.29, 0.717) is 30.0 Å². The lowest BCUT2D eigenvalue weighted by Crippen LogP contribution is -2.23. The number of allylic oxidation sites excluding steroid dienone is 1. The molecule has 1 aromatic carbocycles. The predicted molar refractivity (Wildman–Crippen MR) is 118 cm³/mol. The lowest BCUT2D eigenvalue weighted by atomic mass is 9.87. The van der Waals surface area contributed by atoms with Crippen LogP contribution in [-0.4, -0.2) is 18.4 Å². The highest BCUT2D eigenvalue weighted by Crippen LogP contribution is 2.39. The maximum atomic E-state index is 13.0. The minimum Gasteiger partial charge on any atom is -0.332 e. The van der Waals surface area contributed by atoms with Gasteiger partial charge in [0.25, 0.3) is 0 Å². The van der Waals surface area contributed by atoms with Crippen molar-refractivity contribution < 1.29 is 18.0 Å². The van der Waals surface area contributed by atoms with E-state index in [4.69, 9.17) is 4.98 Å². The van der Waals surface area contributed by atoms with E-state index in [2.05, 4.69) is 16.0 Å². The van der Waals surface area contributed by atoms with Crippen molar-refractivity contribution in [1.29, 1.82) is 0 Å². The summed E-state index contributed by atoms with van der Waals surface area (Å²) in [6.45, 7) is 1.93. The number of rotatable bonds is 8. The Morgan fingerprint density at radius 3 is 2.45 bits per heavy atom. The number of thiazole rings is 1. The van der Waals surface area contributed by atoms with Crippen LogP contribution < -0.4 is 10.6 Å². The third-order valence-electron chi connectivity index (χ3n) is 5.84. The highest BCUT2D eigenvalue weighted by atomic mass is 32.1. The lowest BCUT2D eigenvalue weighted by Gasteiger charge is -2.23. The van der Waals surface area contributed by atoms with Gasteiger partial charge < -0.3 is 10.6 Å². The number of likely N-dealkylation sites (N-methyl/N-ethyl adjacent to an activating group) is 1. The van der Waals surface area contributed by atoms with Crippen LogP contribution in [0.4, 0.5) is 13.2 Å². The Hall–Kier alpha value is -2.19. The van der Waals surface area contributed by atoms with Crippen molar-refractivity contribution in [3.05, 3.63) is 57.2 Å². The molecule has 1 atom stereocenters. The van der Waals surface area contributed by atoms with E-state index >= 15 is 0 Å². The zero-order valence-corrected chi connectivity index (χ0v) is 18.6. The molecule has 8 heteroatoms. The summed E-state index contributed by atoms with van der Waals surface area (Å²) in [5.74, 6) is 0.447. The van der Waals surface area contributed by atoms with Gasteiger partial charge in [-0.05, 0) is 44.0 Å². The summed E-state index contributed by atoms with van der Waals surface area (Å²) in [4.78, 5) is 16.2. The van der Waals surface area contributed by atoms with Gasteiger partial charge >= 0.3 is 6.18 Å². The number of hydrogen-bond acceptors (Lipinski definition) is 4. The Balaban J connectivity index is 2.02. The van der Waals surface area contributed by atoms with Gasteiger partial charge in [-0.15, -0.1) is 11.3 Å². The zero-order chi connectivity index (χ0) is 22.4. The van der Waals surface area contributed by atoms with Gasteiger partial charge in [-0.2, -0.15) is 13.2 Å². The molecule has 1 amide bonds. The zero-order valence-electron chi connectivity index (χ0n) is 17.8. The van der Waals surface area contributed by atoms with Gasteiger partial charge in [0.2, 0.25) is 6.41 Å². The number of alkyl halides is 3. The first kappa shape index (κ1) is 23.5. The minimum absolute atomic E-state index is 0.407. The molecule has 1 aliphatic carbocycles. The van der Waals surface area contributed by atoms with Crippen LogP contribution in [-0.2, 0) is 11.0 Å². The smallest absolute Gasteiger partial charge is 0.332 e. The van der Waals surface area contributed by atoms with Crippen LogP contribution in [0, 0.1) is 0 Å². The Morgan fingerprint density at radius 1 is 1.23 bits per heavy atom. The molecule has 1 aromatic heterocycles. The molecular weight excluding hydrogens is 423 g/mol. The summed E-state index contributed by atoms with van der Waals surface area (Å²) in [6.07, 6.45) is 2.74. The number of carbonyl (C=O) groups excluding carboxylic acids is 1. The molecule has 1 aliphatic rings. The van der Waals surface area contributed by atoms with Gasteiger partial charge in [0, 0.05) is 22.6 Å². The standard InChI is InChI=1S/C23H28F3N3OS/c1-3-18(28-14-30)20(22-29-19(13-31-22)15-7-5-4-6-8-15)21(27-2)16-9-11-17(12-10-16)23(24,25)26/h9-15,21,27H,3-8H2,1-2H3,(H,28,30)/b20-18+. The van der Waals surface area contributed by atoms with Crippen LogP contribution in [0.1, 0.15) is 79.2 Å². The maximum absolute atomic E-state index is 13.0. The molecule has 1 saturated carbocycles. The van der Waals surface area contributed by atoms with Gasteiger partial charge in [0.05, 0.1) is 17.3 Å². The summed E-state index contributed by atoms with van der Waals surface area (Å²) in [5, 5.41) is 8.86. The highest BCUT2D eigenvalue weighted by Gasteiger charge is 2.31. The highest BCUT2D eigenvalue weighted by molar-refractivity contribution is 7.10. The second-order valence-corrected chi connectivity index (χ2v) is 8.62. The van der Waals surface area contributed by atoms with Crippen LogP contribution in [0.2, 0.25) is 0 Å². The molecule has 31 heavy (non-hydrogen) atoms. The monoisotopic (exact) mass is 451 g/mol. The molecule has 3 rings (SSSR count). The number of hydrogen-bond donors (Lipinski definition) is 2. The third-order valence-corrected chi connectivity index (χ3v) is 6.73. The lowest BCUT2D eigenvalue weighted by molar-refractivity contribution is -0.137. The number of aromatic nitrogens is 1. The van der Waals surface area contributed by atoms with Crippen molar-refractivity contribution in [1.82, 2.24) is 15.6 Å². The molecule has 2 aromatic rings. The van der Waals surface area contributed by atoms with Crippen LogP contribution in [0.5, 0.6) is 0 Å². The van der Waals surface area contributed by atoms with Crippen LogP contribution >= 0.6 is 11.3 Å². The van der Waals surface area contributed by atoms with Gasteiger partial charge in [0.1, 0.15) is 5.01 Å². The molecular formula is C23H28F3N3OS. The molecule has 0 spiro atoms. The maximum Gasteiger partial charge on any atom is 0.416 e. The van der Waals surface area contributed by atoms with E-state index in [9.17, 15) is 18.0 Å². The van der Waals surface area contributed by atoms with E-state index in [1.54, 1.807) is 7.05 Å². The summed E-state index contributed by atoms with van der Waals surface area (Å²) >= 11 is 1.52. The molecule has 2 N–H and O–H groups in total. The van der Waals surface area contributed by atoms with Crippen LogP contribution in [0.15, 0.2) is 35.3 Å². The number of nitrogens with zero attached hydrogens (tertiary/aromatic N) is 1. The fourth-order valence-corrected chi connectivity index (χ4v) is 5.21. The van der Waals surface area contributed by atoms with Crippen molar-refractivity contribution in [2.75, 3.05) is 7.05 Å².